The van der Waals surface area contributed by atoms with E-state index in [-0.39, 0.29) is 0 Å². The molecular weight excluding hydrogens is 210 g/mol. The summed E-state index contributed by atoms with van der Waals surface area (Å²) >= 11 is 0. The Morgan fingerprint density at radius 3 is 2.53 bits per heavy atom. The maximum Gasteiger partial charge on any atom is 0.0537 e. The van der Waals surface area contributed by atoms with Gasteiger partial charge in [-0.15, -0.1) is 0 Å². The minimum Gasteiger partial charge on any atom is -0.312 e. The first-order chi connectivity index (χ1) is 8.06. The van der Waals surface area contributed by atoms with Crippen LogP contribution in [0.15, 0.2) is 6.20 Å². The molecule has 0 bridgehead atoms. The van der Waals surface area contributed by atoms with Gasteiger partial charge < -0.3 is 5.32 Å². The first-order valence-corrected chi connectivity index (χ1v) is 6.81. The van der Waals surface area contributed by atoms with Crippen molar-refractivity contribution < 1.29 is 0 Å². The van der Waals surface area contributed by atoms with Gasteiger partial charge in [0.15, 0.2) is 0 Å². The van der Waals surface area contributed by atoms with E-state index in [1.54, 1.807) is 0 Å². The fourth-order valence-corrected chi connectivity index (χ4v) is 2.12. The van der Waals surface area contributed by atoms with Crippen molar-refractivity contribution in [3.05, 3.63) is 17.5 Å². The summed E-state index contributed by atoms with van der Waals surface area (Å²) in [5.41, 5.74) is 2.75. The smallest absolute Gasteiger partial charge is 0.0537 e. The molecule has 0 saturated carbocycles. The summed E-state index contributed by atoms with van der Waals surface area (Å²) < 4.78 is 2.16. The van der Waals surface area contributed by atoms with E-state index in [1.165, 1.54) is 11.3 Å². The van der Waals surface area contributed by atoms with Gasteiger partial charge in [0.1, 0.15) is 0 Å². The molecule has 0 saturated heterocycles. The molecule has 3 heteroatoms. The third-order valence-electron chi connectivity index (χ3n) is 2.81. The van der Waals surface area contributed by atoms with E-state index in [4.69, 9.17) is 0 Å². The molecule has 0 spiro atoms. The first kappa shape index (κ1) is 14.2. The highest BCUT2D eigenvalue weighted by molar-refractivity contribution is 5.21. The van der Waals surface area contributed by atoms with E-state index in [9.17, 15) is 0 Å². The molecule has 0 unspecified atom stereocenters. The van der Waals surface area contributed by atoms with E-state index in [1.807, 2.05) is 6.20 Å². The van der Waals surface area contributed by atoms with Crippen LogP contribution in [-0.4, -0.2) is 16.3 Å². The zero-order valence-electron chi connectivity index (χ0n) is 12.0. The summed E-state index contributed by atoms with van der Waals surface area (Å²) in [4.78, 5) is 0. The molecule has 0 amide bonds. The molecule has 0 fully saturated rings. The second kappa shape index (κ2) is 6.80. The van der Waals surface area contributed by atoms with Crippen LogP contribution in [0.5, 0.6) is 0 Å². The highest BCUT2D eigenvalue weighted by atomic mass is 15.3. The lowest BCUT2D eigenvalue weighted by atomic mass is 10.1. The predicted molar refractivity (Wildman–Crippen MR) is 73.2 cm³/mol. The molecule has 0 radical (unpaired) electrons. The minimum atomic E-state index is 0.542. The van der Waals surface area contributed by atoms with Crippen molar-refractivity contribution in [1.82, 2.24) is 15.1 Å². The Morgan fingerprint density at radius 2 is 2.00 bits per heavy atom. The second-order valence-electron chi connectivity index (χ2n) is 5.46. The van der Waals surface area contributed by atoms with Gasteiger partial charge in [0.05, 0.1) is 6.20 Å². The number of aromatic nitrogens is 2. The van der Waals surface area contributed by atoms with E-state index >= 15 is 0 Å². The SMILES string of the molecule is CCCn1ncc(CNCC(C)C)c1C(C)C. The van der Waals surface area contributed by atoms with Crippen LogP contribution in [-0.2, 0) is 13.1 Å². The van der Waals surface area contributed by atoms with Crippen LogP contribution in [0.1, 0.15) is 58.2 Å². The normalized spacial score (nSPS) is 11.7. The topological polar surface area (TPSA) is 29.9 Å². The number of nitrogens with zero attached hydrogens (tertiary/aromatic N) is 2. The number of aryl methyl sites for hydroxylation is 1. The Bertz CT molecular complexity index is 326. The Morgan fingerprint density at radius 1 is 1.29 bits per heavy atom. The van der Waals surface area contributed by atoms with Gasteiger partial charge in [-0.25, -0.2) is 0 Å². The largest absolute Gasteiger partial charge is 0.312 e. The fourth-order valence-electron chi connectivity index (χ4n) is 2.12. The summed E-state index contributed by atoms with van der Waals surface area (Å²) in [6.07, 6.45) is 3.17. The van der Waals surface area contributed by atoms with Crippen LogP contribution in [0.2, 0.25) is 0 Å². The highest BCUT2D eigenvalue weighted by Crippen LogP contribution is 2.19. The van der Waals surface area contributed by atoms with Gasteiger partial charge in [-0.1, -0.05) is 34.6 Å². The minimum absolute atomic E-state index is 0.542. The molecule has 0 aliphatic rings. The van der Waals surface area contributed by atoms with Crippen molar-refractivity contribution in [1.29, 1.82) is 0 Å². The third kappa shape index (κ3) is 4.15. The van der Waals surface area contributed by atoms with Crippen LogP contribution in [0.25, 0.3) is 0 Å². The molecule has 1 rings (SSSR count). The molecule has 1 N–H and O–H groups in total. The molecule has 0 aliphatic heterocycles. The number of rotatable bonds is 7. The lowest BCUT2D eigenvalue weighted by Crippen LogP contribution is -2.20. The van der Waals surface area contributed by atoms with Crippen molar-refractivity contribution in [3.63, 3.8) is 0 Å². The Labute approximate surface area is 106 Å². The van der Waals surface area contributed by atoms with Crippen LogP contribution in [0.3, 0.4) is 0 Å². The molecular formula is C14H27N3. The van der Waals surface area contributed by atoms with Crippen molar-refractivity contribution in [3.8, 4) is 0 Å². The van der Waals surface area contributed by atoms with Crippen LogP contribution in [0, 0.1) is 5.92 Å². The number of nitrogens with one attached hydrogen (secondary N) is 1. The van der Waals surface area contributed by atoms with E-state index in [0.717, 1.165) is 26.1 Å². The summed E-state index contributed by atoms with van der Waals surface area (Å²) in [6, 6.07) is 0. The monoisotopic (exact) mass is 237 g/mol. The Kier molecular flexibility index (Phi) is 5.69. The van der Waals surface area contributed by atoms with Crippen LogP contribution in [0.4, 0.5) is 0 Å². The number of hydrogen-bond acceptors (Lipinski definition) is 2. The molecule has 1 aromatic heterocycles. The first-order valence-electron chi connectivity index (χ1n) is 6.81. The average molecular weight is 237 g/mol. The lowest BCUT2D eigenvalue weighted by molar-refractivity contribution is 0.538. The number of hydrogen-bond donors (Lipinski definition) is 1. The maximum absolute atomic E-state index is 4.50. The molecule has 1 aromatic rings. The zero-order valence-corrected chi connectivity index (χ0v) is 12.0. The lowest BCUT2D eigenvalue weighted by Gasteiger charge is -2.13. The fraction of sp³-hybridized carbons (Fsp3) is 0.786. The van der Waals surface area contributed by atoms with Crippen LogP contribution < -0.4 is 5.32 Å². The molecule has 17 heavy (non-hydrogen) atoms. The Hall–Kier alpha value is -0.830. The van der Waals surface area contributed by atoms with Gasteiger partial charge in [-0.05, 0) is 24.8 Å². The predicted octanol–water partition coefficient (Wildman–Crippen LogP) is 3.16. The second-order valence-corrected chi connectivity index (χ2v) is 5.46. The van der Waals surface area contributed by atoms with Crippen molar-refractivity contribution >= 4 is 0 Å². The highest BCUT2D eigenvalue weighted by Gasteiger charge is 2.13. The molecule has 0 aromatic carbocycles. The molecule has 0 aliphatic carbocycles. The van der Waals surface area contributed by atoms with Gasteiger partial charge in [0.25, 0.3) is 0 Å². The van der Waals surface area contributed by atoms with Gasteiger partial charge in [0, 0.05) is 24.3 Å². The summed E-state index contributed by atoms with van der Waals surface area (Å²) in [5, 5.41) is 8.00. The zero-order chi connectivity index (χ0) is 12.8. The molecule has 3 nitrogen and oxygen atoms in total. The molecule has 1 heterocycles. The van der Waals surface area contributed by atoms with Crippen molar-refractivity contribution in [2.45, 2.75) is 60.0 Å². The van der Waals surface area contributed by atoms with E-state index < -0.39 is 0 Å². The van der Waals surface area contributed by atoms with Gasteiger partial charge in [-0.2, -0.15) is 5.10 Å². The van der Waals surface area contributed by atoms with Crippen molar-refractivity contribution in [2.24, 2.45) is 5.92 Å². The third-order valence-corrected chi connectivity index (χ3v) is 2.81. The van der Waals surface area contributed by atoms with E-state index in [2.05, 4.69) is 49.7 Å². The molecule has 98 valence electrons. The van der Waals surface area contributed by atoms with E-state index in [0.29, 0.717) is 11.8 Å². The standard InChI is InChI=1S/C14H27N3/c1-6-7-17-14(12(4)5)13(10-16-17)9-15-8-11(2)3/h10-12,15H,6-9H2,1-5H3. The molecule has 0 atom stereocenters. The summed E-state index contributed by atoms with van der Waals surface area (Å²) in [6.45, 7) is 14.2. The van der Waals surface area contributed by atoms with Crippen LogP contribution >= 0.6 is 0 Å². The average Bonchev–Trinajstić information content (AvgIpc) is 2.61. The summed E-state index contributed by atoms with van der Waals surface area (Å²) in [7, 11) is 0. The van der Waals surface area contributed by atoms with Gasteiger partial charge >= 0.3 is 0 Å². The van der Waals surface area contributed by atoms with Gasteiger partial charge in [-0.3, -0.25) is 4.68 Å². The van der Waals surface area contributed by atoms with Gasteiger partial charge in [0.2, 0.25) is 0 Å². The maximum atomic E-state index is 4.50. The van der Waals surface area contributed by atoms with Crippen molar-refractivity contribution in [2.75, 3.05) is 6.54 Å². The Balaban J connectivity index is 2.70. The summed E-state index contributed by atoms with van der Waals surface area (Å²) in [5.74, 6) is 1.24. The quantitative estimate of drug-likeness (QED) is 0.789.